The Hall–Kier alpha value is -5.94. The molecule has 5 nitrogen and oxygen atoms in total. The highest BCUT2D eigenvalue weighted by atomic mass is 16.4. The van der Waals surface area contributed by atoms with Crippen molar-refractivity contribution < 1.29 is 13.3 Å². The van der Waals surface area contributed by atoms with Crippen LogP contribution >= 0.6 is 0 Å². The third kappa shape index (κ3) is 4.54. The van der Waals surface area contributed by atoms with Crippen LogP contribution in [0.4, 0.5) is 0 Å². The monoisotopic (exact) mass is 610 g/mol. The molecule has 0 saturated heterocycles. The van der Waals surface area contributed by atoms with Crippen molar-refractivity contribution in [3.8, 4) is 45.2 Å². The van der Waals surface area contributed by atoms with Crippen LogP contribution in [0, 0.1) is 27.7 Å². The number of benzene rings is 6. The molecule has 6 aromatic carbocycles. The highest BCUT2D eigenvalue weighted by molar-refractivity contribution is 6.11. The van der Waals surface area contributed by atoms with E-state index < -0.39 is 0 Å². The summed E-state index contributed by atoms with van der Waals surface area (Å²) in [5.74, 6) is 0.948. The highest BCUT2D eigenvalue weighted by Gasteiger charge is 2.17. The third-order valence-electron chi connectivity index (χ3n) is 9.05. The number of hydrogen-bond acceptors (Lipinski definition) is 5. The molecular formula is C42H30N2O3. The minimum atomic E-state index is 0.474. The van der Waals surface area contributed by atoms with Gasteiger partial charge in [0.2, 0.25) is 11.8 Å². The number of aryl methyl sites for hydroxylation is 4. The molecule has 0 aliphatic rings. The molecule has 0 spiro atoms. The van der Waals surface area contributed by atoms with Crippen LogP contribution in [0.15, 0.2) is 122 Å². The summed E-state index contributed by atoms with van der Waals surface area (Å²) in [6.07, 6.45) is 0. The predicted molar refractivity (Wildman–Crippen MR) is 190 cm³/mol. The van der Waals surface area contributed by atoms with E-state index in [4.69, 9.17) is 13.3 Å². The van der Waals surface area contributed by atoms with Crippen LogP contribution in [0.25, 0.3) is 89.0 Å². The molecule has 0 aliphatic heterocycles. The van der Waals surface area contributed by atoms with Crippen molar-refractivity contribution in [2.45, 2.75) is 27.7 Å². The minimum absolute atomic E-state index is 0.474. The number of rotatable bonds is 4. The number of fused-ring (bicyclic) bond motifs is 6. The maximum absolute atomic E-state index is 6.35. The molecule has 0 radical (unpaired) electrons. The first-order valence-corrected chi connectivity index (χ1v) is 15.8. The van der Waals surface area contributed by atoms with E-state index in [2.05, 4.69) is 123 Å². The van der Waals surface area contributed by atoms with Gasteiger partial charge in [-0.25, -0.2) is 0 Å². The Labute approximate surface area is 271 Å². The average molecular weight is 611 g/mol. The summed E-state index contributed by atoms with van der Waals surface area (Å²) in [5, 5.41) is 13.3. The molecule has 5 heteroatoms. The predicted octanol–water partition coefficient (Wildman–Crippen LogP) is 11.8. The number of aromatic nitrogens is 2. The van der Waals surface area contributed by atoms with Gasteiger partial charge in [0.15, 0.2) is 0 Å². The summed E-state index contributed by atoms with van der Waals surface area (Å²) in [6, 6.07) is 37.9. The molecule has 9 rings (SSSR count). The van der Waals surface area contributed by atoms with E-state index in [1.54, 1.807) is 0 Å². The van der Waals surface area contributed by atoms with Crippen molar-refractivity contribution in [2.24, 2.45) is 0 Å². The highest BCUT2D eigenvalue weighted by Crippen LogP contribution is 2.39. The normalized spacial score (nSPS) is 11.8. The van der Waals surface area contributed by atoms with Crippen LogP contribution in [0.1, 0.15) is 22.3 Å². The Morgan fingerprint density at radius 3 is 1.17 bits per heavy atom. The van der Waals surface area contributed by atoms with E-state index in [1.165, 1.54) is 22.3 Å². The molecule has 0 bridgehead atoms. The van der Waals surface area contributed by atoms with Crippen molar-refractivity contribution in [1.29, 1.82) is 0 Å². The van der Waals surface area contributed by atoms with E-state index in [-0.39, 0.29) is 0 Å². The Bertz CT molecular complexity index is 2470. The minimum Gasteiger partial charge on any atom is -0.455 e. The maximum atomic E-state index is 6.35. The Morgan fingerprint density at radius 2 is 0.745 bits per heavy atom. The molecule has 226 valence electrons. The quantitative estimate of drug-likeness (QED) is 0.198. The lowest BCUT2D eigenvalue weighted by Gasteiger charge is -2.06. The van der Waals surface area contributed by atoms with E-state index in [1.807, 2.05) is 24.3 Å². The molecule has 3 aromatic heterocycles. The van der Waals surface area contributed by atoms with Crippen LogP contribution in [-0.2, 0) is 0 Å². The van der Waals surface area contributed by atoms with Gasteiger partial charge in [-0.1, -0.05) is 47.5 Å². The van der Waals surface area contributed by atoms with Gasteiger partial charge < -0.3 is 13.3 Å². The molecule has 3 heterocycles. The molecule has 0 saturated carbocycles. The molecular weight excluding hydrogens is 580 g/mol. The lowest BCUT2D eigenvalue weighted by atomic mass is 9.98. The van der Waals surface area contributed by atoms with Crippen LogP contribution in [0.3, 0.4) is 0 Å². The van der Waals surface area contributed by atoms with Crippen molar-refractivity contribution in [2.75, 3.05) is 0 Å². The van der Waals surface area contributed by atoms with E-state index in [0.717, 1.165) is 77.3 Å². The van der Waals surface area contributed by atoms with E-state index in [0.29, 0.717) is 11.8 Å². The van der Waals surface area contributed by atoms with Crippen molar-refractivity contribution in [1.82, 2.24) is 10.2 Å². The second-order valence-electron chi connectivity index (χ2n) is 12.6. The molecule has 0 N–H and O–H groups in total. The van der Waals surface area contributed by atoms with Gasteiger partial charge in [0.05, 0.1) is 0 Å². The van der Waals surface area contributed by atoms with Gasteiger partial charge in [0.1, 0.15) is 22.3 Å². The van der Waals surface area contributed by atoms with E-state index in [9.17, 15) is 0 Å². The van der Waals surface area contributed by atoms with E-state index >= 15 is 0 Å². The molecule has 0 fully saturated rings. The summed E-state index contributed by atoms with van der Waals surface area (Å²) >= 11 is 0. The standard InChI is InChI=1S/C42H30N2O3/c1-23-5-15-37-33(17-23)35-21-25(3)19-31(39(35)45-37)27-7-11-29(12-8-27)41-43-44-42(47-41)30-13-9-28(10-14-30)32-20-26(4)22-36-34-18-24(2)6-16-38(34)46-40(32)36/h5-22H,1-4H3. The maximum Gasteiger partial charge on any atom is 0.248 e. The zero-order valence-electron chi connectivity index (χ0n) is 26.5. The first-order valence-electron chi connectivity index (χ1n) is 15.8. The summed E-state index contributed by atoms with van der Waals surface area (Å²) in [7, 11) is 0. The average Bonchev–Trinajstić information content (AvgIpc) is 3.80. The largest absolute Gasteiger partial charge is 0.455 e. The third-order valence-corrected chi connectivity index (χ3v) is 9.05. The van der Waals surface area contributed by atoms with Gasteiger partial charge in [0, 0.05) is 43.8 Å². The van der Waals surface area contributed by atoms with Crippen molar-refractivity contribution >= 4 is 43.9 Å². The summed E-state index contributed by atoms with van der Waals surface area (Å²) < 4.78 is 18.9. The van der Waals surface area contributed by atoms with Crippen molar-refractivity contribution in [3.05, 3.63) is 131 Å². The zero-order chi connectivity index (χ0) is 31.8. The van der Waals surface area contributed by atoms with Crippen LogP contribution in [-0.4, -0.2) is 10.2 Å². The van der Waals surface area contributed by atoms with Gasteiger partial charge >= 0.3 is 0 Å². The first-order chi connectivity index (χ1) is 22.9. The Morgan fingerprint density at radius 1 is 0.362 bits per heavy atom. The number of furan rings is 2. The lowest BCUT2D eigenvalue weighted by Crippen LogP contribution is -1.83. The van der Waals surface area contributed by atoms with Gasteiger partial charge in [-0.15, -0.1) is 10.2 Å². The summed E-state index contributed by atoms with van der Waals surface area (Å²) in [6.45, 7) is 8.47. The molecule has 47 heavy (non-hydrogen) atoms. The summed E-state index contributed by atoms with van der Waals surface area (Å²) in [4.78, 5) is 0. The second-order valence-corrected chi connectivity index (χ2v) is 12.6. The van der Waals surface area contributed by atoms with Gasteiger partial charge in [-0.05, 0) is 123 Å². The Kier molecular flexibility index (Phi) is 6.00. The van der Waals surface area contributed by atoms with Gasteiger partial charge in [-0.2, -0.15) is 0 Å². The topological polar surface area (TPSA) is 65.2 Å². The second kappa shape index (κ2) is 10.3. The molecule has 0 unspecified atom stereocenters. The molecule has 0 atom stereocenters. The van der Waals surface area contributed by atoms with Crippen LogP contribution < -0.4 is 0 Å². The first kappa shape index (κ1) is 27.4. The molecule has 0 amide bonds. The van der Waals surface area contributed by atoms with Crippen LogP contribution in [0.2, 0.25) is 0 Å². The molecule has 0 aliphatic carbocycles. The number of nitrogens with zero attached hydrogens (tertiary/aromatic N) is 2. The van der Waals surface area contributed by atoms with Crippen molar-refractivity contribution in [3.63, 3.8) is 0 Å². The molecule has 9 aromatic rings. The fourth-order valence-electron chi connectivity index (χ4n) is 6.74. The van der Waals surface area contributed by atoms with Crippen LogP contribution in [0.5, 0.6) is 0 Å². The lowest BCUT2D eigenvalue weighted by molar-refractivity contribution is 0.584. The fourth-order valence-corrected chi connectivity index (χ4v) is 6.74. The van der Waals surface area contributed by atoms with Gasteiger partial charge in [0.25, 0.3) is 0 Å². The summed E-state index contributed by atoms with van der Waals surface area (Å²) in [5.41, 5.74) is 14.4. The smallest absolute Gasteiger partial charge is 0.248 e. The zero-order valence-corrected chi connectivity index (χ0v) is 26.5. The van der Waals surface area contributed by atoms with Gasteiger partial charge in [-0.3, -0.25) is 0 Å². The SMILES string of the molecule is Cc1ccc2oc3c(-c4ccc(-c5nnc(-c6ccc(-c7cc(C)cc8c7oc7ccc(C)cc78)cc6)o5)cc4)cc(C)cc3c2c1. The Balaban J connectivity index is 1.02. The number of hydrogen-bond donors (Lipinski definition) is 0. The fraction of sp³-hybridized carbons (Fsp3) is 0.0952.